The molecule has 1 aromatic carbocycles. The van der Waals surface area contributed by atoms with Crippen molar-refractivity contribution >= 4 is 6.09 Å². The van der Waals surface area contributed by atoms with E-state index >= 15 is 0 Å². The number of alkyl carbamates (subject to hydrolysis) is 1. The molecule has 0 aliphatic heterocycles. The minimum absolute atomic E-state index is 0.0535. The number of methoxy groups -OCH3 is 1. The maximum absolute atomic E-state index is 11.3. The topological polar surface area (TPSA) is 67.8 Å². The Morgan fingerprint density at radius 1 is 1.44 bits per heavy atom. The molecule has 0 heterocycles. The van der Waals surface area contributed by atoms with E-state index in [2.05, 4.69) is 5.32 Å². The highest BCUT2D eigenvalue weighted by atomic mass is 16.5. The number of aliphatic hydroxyl groups excluding tert-OH is 1. The van der Waals surface area contributed by atoms with E-state index in [1.807, 2.05) is 25.1 Å². The second-order valence-corrected chi connectivity index (χ2v) is 3.88. The van der Waals surface area contributed by atoms with Gasteiger partial charge < -0.3 is 19.9 Å². The summed E-state index contributed by atoms with van der Waals surface area (Å²) in [6.07, 6.45) is 0.0495. The fourth-order valence-corrected chi connectivity index (χ4v) is 1.50. The third kappa shape index (κ3) is 4.63. The molecule has 0 atom stereocenters. The summed E-state index contributed by atoms with van der Waals surface area (Å²) in [5, 5.41) is 11.1. The van der Waals surface area contributed by atoms with E-state index in [1.54, 1.807) is 7.11 Å². The van der Waals surface area contributed by atoms with Crippen LogP contribution >= 0.6 is 0 Å². The van der Waals surface area contributed by atoms with Gasteiger partial charge in [0.15, 0.2) is 0 Å². The Morgan fingerprint density at radius 3 is 2.83 bits per heavy atom. The lowest BCUT2D eigenvalue weighted by atomic mass is 10.1. The Morgan fingerprint density at radius 2 is 2.22 bits per heavy atom. The van der Waals surface area contributed by atoms with E-state index in [0.717, 1.165) is 16.9 Å². The Labute approximate surface area is 107 Å². The second-order valence-electron chi connectivity index (χ2n) is 3.88. The summed E-state index contributed by atoms with van der Waals surface area (Å²) in [6.45, 7) is 2.62. The lowest BCUT2D eigenvalue weighted by Gasteiger charge is -2.09. The predicted molar refractivity (Wildman–Crippen MR) is 67.6 cm³/mol. The average molecular weight is 253 g/mol. The molecule has 100 valence electrons. The van der Waals surface area contributed by atoms with Crippen molar-refractivity contribution in [2.75, 3.05) is 20.3 Å². The van der Waals surface area contributed by atoms with Crippen LogP contribution in [-0.2, 0) is 11.3 Å². The van der Waals surface area contributed by atoms with Crippen LogP contribution in [0.2, 0.25) is 0 Å². The van der Waals surface area contributed by atoms with Crippen molar-refractivity contribution in [1.82, 2.24) is 5.32 Å². The van der Waals surface area contributed by atoms with E-state index in [1.165, 1.54) is 0 Å². The zero-order chi connectivity index (χ0) is 13.4. The number of amides is 1. The lowest BCUT2D eigenvalue weighted by Crippen LogP contribution is -2.25. The number of benzene rings is 1. The van der Waals surface area contributed by atoms with Crippen molar-refractivity contribution in [2.45, 2.75) is 20.0 Å². The van der Waals surface area contributed by atoms with Crippen LogP contribution in [0.1, 0.15) is 17.5 Å². The molecule has 0 fully saturated rings. The largest absolute Gasteiger partial charge is 0.496 e. The molecule has 1 rings (SSSR count). The van der Waals surface area contributed by atoms with Gasteiger partial charge in [0.25, 0.3) is 0 Å². The summed E-state index contributed by atoms with van der Waals surface area (Å²) in [5.41, 5.74) is 1.91. The molecule has 0 aromatic heterocycles. The number of hydrogen-bond donors (Lipinski definition) is 2. The molecular weight excluding hydrogens is 234 g/mol. The molecular formula is C13H19NO4. The van der Waals surface area contributed by atoms with E-state index in [0.29, 0.717) is 13.0 Å². The molecule has 18 heavy (non-hydrogen) atoms. The summed E-state index contributed by atoms with van der Waals surface area (Å²) >= 11 is 0. The number of aliphatic hydroxyl groups is 1. The monoisotopic (exact) mass is 253 g/mol. The summed E-state index contributed by atoms with van der Waals surface area (Å²) in [7, 11) is 1.62. The van der Waals surface area contributed by atoms with Gasteiger partial charge in [-0.1, -0.05) is 6.07 Å². The van der Waals surface area contributed by atoms with Crippen molar-refractivity contribution < 1.29 is 19.4 Å². The van der Waals surface area contributed by atoms with Crippen molar-refractivity contribution in [1.29, 1.82) is 0 Å². The highest BCUT2D eigenvalue weighted by molar-refractivity contribution is 5.67. The first-order valence-electron chi connectivity index (χ1n) is 5.82. The van der Waals surface area contributed by atoms with Gasteiger partial charge in [-0.25, -0.2) is 4.79 Å². The standard InChI is InChI=1S/C13H19NO4/c1-10-8-11(4-5-12(10)17-2)9-18-13(16)14-6-3-7-15/h4-5,8,15H,3,6-7,9H2,1-2H3,(H,14,16). The van der Waals surface area contributed by atoms with E-state index < -0.39 is 6.09 Å². The molecule has 1 aromatic rings. The molecule has 0 aliphatic rings. The van der Waals surface area contributed by atoms with Crippen molar-refractivity contribution in [3.63, 3.8) is 0 Å². The average Bonchev–Trinajstić information content (AvgIpc) is 2.37. The number of aryl methyl sites for hydroxylation is 1. The van der Waals surface area contributed by atoms with Crippen molar-refractivity contribution in [3.8, 4) is 5.75 Å². The maximum atomic E-state index is 11.3. The summed E-state index contributed by atoms with van der Waals surface area (Å²) in [4.78, 5) is 11.3. The highest BCUT2D eigenvalue weighted by Crippen LogP contribution is 2.18. The molecule has 0 aliphatic carbocycles. The van der Waals surface area contributed by atoms with Gasteiger partial charge in [-0.3, -0.25) is 0 Å². The van der Waals surface area contributed by atoms with Crippen LogP contribution in [-0.4, -0.2) is 31.5 Å². The zero-order valence-electron chi connectivity index (χ0n) is 10.7. The highest BCUT2D eigenvalue weighted by Gasteiger charge is 2.04. The number of nitrogens with one attached hydrogen (secondary N) is 1. The van der Waals surface area contributed by atoms with Crippen LogP contribution in [0.25, 0.3) is 0 Å². The molecule has 0 bridgehead atoms. The molecule has 0 spiro atoms. The van der Waals surface area contributed by atoms with Gasteiger partial charge in [-0.2, -0.15) is 0 Å². The third-order valence-electron chi connectivity index (χ3n) is 2.43. The lowest BCUT2D eigenvalue weighted by molar-refractivity contribution is 0.139. The summed E-state index contributed by atoms with van der Waals surface area (Å²) < 4.78 is 10.2. The second kappa shape index (κ2) is 7.55. The maximum Gasteiger partial charge on any atom is 0.407 e. The fourth-order valence-electron chi connectivity index (χ4n) is 1.50. The number of carbonyl (C=O) groups excluding carboxylic acids is 1. The Hall–Kier alpha value is -1.75. The van der Waals surface area contributed by atoms with E-state index in [-0.39, 0.29) is 13.2 Å². The zero-order valence-corrected chi connectivity index (χ0v) is 10.7. The first-order chi connectivity index (χ1) is 8.67. The van der Waals surface area contributed by atoms with Gasteiger partial charge in [0.05, 0.1) is 7.11 Å². The van der Waals surface area contributed by atoms with Crippen LogP contribution in [0.5, 0.6) is 5.75 Å². The first-order valence-corrected chi connectivity index (χ1v) is 5.82. The molecule has 2 N–H and O–H groups in total. The molecule has 0 saturated heterocycles. The Kier molecular flexibility index (Phi) is 6.00. The molecule has 5 heteroatoms. The minimum atomic E-state index is -0.475. The van der Waals surface area contributed by atoms with Crippen LogP contribution in [0, 0.1) is 6.92 Å². The van der Waals surface area contributed by atoms with Crippen LogP contribution < -0.4 is 10.1 Å². The first kappa shape index (κ1) is 14.3. The number of ether oxygens (including phenoxy) is 2. The SMILES string of the molecule is COc1ccc(COC(=O)NCCCO)cc1C. The predicted octanol–water partition coefficient (Wildman–Crippen LogP) is 1.61. The molecule has 1 amide bonds. The number of rotatable bonds is 6. The van der Waals surface area contributed by atoms with Crippen molar-refractivity contribution in [2.24, 2.45) is 0 Å². The van der Waals surface area contributed by atoms with Crippen LogP contribution in [0.3, 0.4) is 0 Å². The quantitative estimate of drug-likeness (QED) is 0.756. The van der Waals surface area contributed by atoms with Gasteiger partial charge in [0.2, 0.25) is 0 Å². The van der Waals surface area contributed by atoms with Crippen molar-refractivity contribution in [3.05, 3.63) is 29.3 Å². The summed E-state index contributed by atoms with van der Waals surface area (Å²) in [6, 6.07) is 5.62. The van der Waals surface area contributed by atoms with Crippen LogP contribution in [0.4, 0.5) is 4.79 Å². The number of carbonyl (C=O) groups is 1. The van der Waals surface area contributed by atoms with Gasteiger partial charge in [-0.05, 0) is 36.6 Å². The Balaban J connectivity index is 2.39. The Bertz CT molecular complexity index is 393. The number of hydrogen-bond acceptors (Lipinski definition) is 4. The van der Waals surface area contributed by atoms with Crippen LogP contribution in [0.15, 0.2) is 18.2 Å². The van der Waals surface area contributed by atoms with Gasteiger partial charge in [0, 0.05) is 13.2 Å². The molecule has 0 saturated carbocycles. The fraction of sp³-hybridized carbons (Fsp3) is 0.462. The van der Waals surface area contributed by atoms with Gasteiger partial charge in [-0.15, -0.1) is 0 Å². The third-order valence-corrected chi connectivity index (χ3v) is 2.43. The normalized spacial score (nSPS) is 9.94. The minimum Gasteiger partial charge on any atom is -0.496 e. The molecule has 5 nitrogen and oxygen atoms in total. The molecule has 0 unspecified atom stereocenters. The molecule has 0 radical (unpaired) electrons. The van der Waals surface area contributed by atoms with E-state index in [4.69, 9.17) is 14.6 Å². The van der Waals surface area contributed by atoms with Gasteiger partial charge in [0.1, 0.15) is 12.4 Å². The summed E-state index contributed by atoms with van der Waals surface area (Å²) in [5.74, 6) is 0.811. The van der Waals surface area contributed by atoms with Gasteiger partial charge >= 0.3 is 6.09 Å². The van der Waals surface area contributed by atoms with E-state index in [9.17, 15) is 4.79 Å². The smallest absolute Gasteiger partial charge is 0.407 e.